The maximum atomic E-state index is 13.5. The van der Waals surface area contributed by atoms with Crippen molar-refractivity contribution in [3.05, 3.63) is 122 Å². The van der Waals surface area contributed by atoms with Crippen molar-refractivity contribution in [1.82, 2.24) is 5.32 Å². The lowest BCUT2D eigenvalue weighted by molar-refractivity contribution is -0.379. The molecule has 12 N–H and O–H groups in total. The number of carbonyl (C=O) groups excluding carboxylic acids is 1. The molecule has 0 aliphatic carbocycles. The first-order valence-corrected chi connectivity index (χ1v) is 45.8. The lowest BCUT2D eigenvalue weighted by Crippen LogP contribution is -2.66. The second-order valence-electron chi connectivity index (χ2n) is 32.0. The predicted molar refractivity (Wildman–Crippen MR) is 461 cm³/mol. The molecule has 0 bridgehead atoms. The van der Waals surface area contributed by atoms with E-state index in [2.05, 4.69) is 129 Å². The Hall–Kier alpha value is -3.81. The number of nitrogens with one attached hydrogen (secondary N) is 1. The van der Waals surface area contributed by atoms with Gasteiger partial charge in [-0.2, -0.15) is 0 Å². The smallest absolute Gasteiger partial charge is 0.220 e. The number of hydrogen-bond donors (Lipinski definition) is 12. The highest BCUT2D eigenvalue weighted by Crippen LogP contribution is 2.33. The van der Waals surface area contributed by atoms with Gasteiger partial charge in [0.15, 0.2) is 18.9 Å². The first-order chi connectivity index (χ1) is 55.8. The Morgan fingerprint density at radius 2 is 0.614 bits per heavy atom. The summed E-state index contributed by atoms with van der Waals surface area (Å²) >= 11 is 0. The lowest BCUT2D eigenvalue weighted by Gasteiger charge is -2.48. The van der Waals surface area contributed by atoms with Crippen molar-refractivity contribution in [3.63, 3.8) is 0 Å². The fraction of sp³-hybridized carbons (Fsp3) is 0.779. The van der Waals surface area contributed by atoms with E-state index in [-0.39, 0.29) is 18.9 Å². The number of ether oxygens (including phenoxy) is 6. The van der Waals surface area contributed by atoms with E-state index in [0.717, 1.165) is 89.9 Å². The van der Waals surface area contributed by atoms with Crippen molar-refractivity contribution >= 4 is 5.91 Å². The number of amides is 1. The molecule has 0 aromatic rings. The van der Waals surface area contributed by atoms with Gasteiger partial charge in [-0.3, -0.25) is 4.79 Å². The molecule has 3 rings (SSSR count). The van der Waals surface area contributed by atoms with Gasteiger partial charge < -0.3 is 89.9 Å². The van der Waals surface area contributed by atoms with Gasteiger partial charge in [-0.05, 0) is 103 Å². The Morgan fingerprint density at radius 1 is 0.325 bits per heavy atom. The first-order valence-electron chi connectivity index (χ1n) is 45.8. The zero-order valence-corrected chi connectivity index (χ0v) is 71.0. The van der Waals surface area contributed by atoms with Gasteiger partial charge in [0, 0.05) is 6.42 Å². The molecule has 0 aromatic carbocycles. The van der Waals surface area contributed by atoms with Crippen molar-refractivity contribution in [2.45, 2.75) is 446 Å². The molecule has 19 heteroatoms. The van der Waals surface area contributed by atoms with E-state index in [1.807, 2.05) is 6.08 Å². The van der Waals surface area contributed by atoms with Gasteiger partial charge in [0.25, 0.3) is 0 Å². The maximum absolute atomic E-state index is 13.5. The molecule has 3 aliphatic heterocycles. The molecule has 3 fully saturated rings. The zero-order valence-electron chi connectivity index (χ0n) is 71.0. The molecular formula is C95H165NO18. The van der Waals surface area contributed by atoms with Crippen LogP contribution < -0.4 is 5.32 Å². The fourth-order valence-corrected chi connectivity index (χ4v) is 14.7. The largest absolute Gasteiger partial charge is 0.394 e. The summed E-state index contributed by atoms with van der Waals surface area (Å²) in [4.78, 5) is 13.5. The van der Waals surface area contributed by atoms with E-state index >= 15 is 0 Å². The highest BCUT2D eigenvalue weighted by atomic mass is 16.8. The third-order valence-corrected chi connectivity index (χ3v) is 22.0. The zero-order chi connectivity index (χ0) is 82.4. The van der Waals surface area contributed by atoms with Crippen LogP contribution in [0, 0.1) is 0 Å². The Morgan fingerprint density at radius 3 is 0.982 bits per heavy atom. The number of rotatable bonds is 73. The van der Waals surface area contributed by atoms with Gasteiger partial charge in [0.2, 0.25) is 5.91 Å². The Bertz CT molecular complexity index is 2530. The van der Waals surface area contributed by atoms with Crippen molar-refractivity contribution in [3.8, 4) is 0 Å². The number of allylic oxidation sites excluding steroid dienone is 19. The molecular weight excluding hydrogens is 1440 g/mol. The molecule has 3 heterocycles. The molecule has 0 saturated carbocycles. The third kappa shape index (κ3) is 51.0. The van der Waals surface area contributed by atoms with Gasteiger partial charge in [0.05, 0.1) is 38.6 Å². The molecule has 1 amide bonds. The highest BCUT2D eigenvalue weighted by molar-refractivity contribution is 5.76. The van der Waals surface area contributed by atoms with Crippen molar-refractivity contribution in [2.75, 3.05) is 26.4 Å². The number of aliphatic hydroxyl groups is 11. The van der Waals surface area contributed by atoms with Crippen molar-refractivity contribution < 1.29 is 89.4 Å². The van der Waals surface area contributed by atoms with Crippen molar-refractivity contribution in [2.24, 2.45) is 0 Å². The average Bonchev–Trinajstić information content (AvgIpc) is 0.782. The van der Waals surface area contributed by atoms with E-state index in [0.29, 0.717) is 12.8 Å². The molecule has 0 aromatic heterocycles. The van der Waals surface area contributed by atoms with Gasteiger partial charge >= 0.3 is 0 Å². The summed E-state index contributed by atoms with van der Waals surface area (Å²) < 4.78 is 34.5. The SMILES string of the molecule is CC/C=C\C/C=C\C/C=C\C/C=C\C/C=C\C/C=C\C/C=C\CCCCCCCCCCCCCCCCCCCCCC(=O)NC(COC1OC(CO)C(OC2OC(CO)C(OC3OC(CO)C(O)C(O)C3O)C(O)C2O)C(O)C1O)C(O)/C=C/CC/C=C/CC/C=C/CCCCCCCCCCCCCCCCCCCC. The minimum Gasteiger partial charge on any atom is -0.394 e. The number of unbranched alkanes of at least 4 members (excludes halogenated alkanes) is 39. The quantitative estimate of drug-likeness (QED) is 0.0199. The number of hydrogen-bond acceptors (Lipinski definition) is 18. The molecule has 3 aliphatic rings. The lowest BCUT2D eigenvalue weighted by atomic mass is 9.96. The van der Waals surface area contributed by atoms with Crippen LogP contribution in [-0.2, 0) is 33.2 Å². The van der Waals surface area contributed by atoms with Crippen LogP contribution in [0.4, 0.5) is 0 Å². The summed E-state index contributed by atoms with van der Waals surface area (Å²) in [7, 11) is 0. The average molecular weight is 1610 g/mol. The fourth-order valence-electron chi connectivity index (χ4n) is 14.7. The molecule has 658 valence electrons. The van der Waals surface area contributed by atoms with Crippen LogP contribution in [0.1, 0.15) is 341 Å². The summed E-state index contributed by atoms with van der Waals surface area (Å²) in [5.74, 6) is -0.288. The maximum Gasteiger partial charge on any atom is 0.220 e. The molecule has 19 nitrogen and oxygen atoms in total. The summed E-state index contributed by atoms with van der Waals surface area (Å²) in [6.45, 7) is 1.63. The summed E-state index contributed by atoms with van der Waals surface area (Å²) in [5, 5.41) is 121. The van der Waals surface area contributed by atoms with Gasteiger partial charge in [0.1, 0.15) is 73.2 Å². The molecule has 17 atom stereocenters. The van der Waals surface area contributed by atoms with Crippen LogP contribution in [-0.4, -0.2) is 193 Å². The Balaban J connectivity index is 1.32. The highest BCUT2D eigenvalue weighted by Gasteiger charge is 2.54. The Kier molecular flexibility index (Phi) is 67.0. The summed E-state index contributed by atoms with van der Waals surface area (Å²) in [5.41, 5.74) is 0. The predicted octanol–water partition coefficient (Wildman–Crippen LogP) is 17.8. The standard InChI is InChI=1S/C95H165NO18/c1-3-5-7-9-11-13-15-17-19-21-23-25-27-29-31-33-34-35-36-37-38-39-40-41-42-43-44-45-47-49-51-53-55-57-59-61-63-65-67-69-71-73-83(101)96-78(79(100)72-70-68-66-64-62-60-58-56-54-52-50-48-46-32-30-28-26-24-22-20-18-16-14-12-10-8-6-4-2)77-109-93-89(107)86(104)91(81(75-98)111-93)114-95-90(108)87(105)92(82(76-99)112-95)113-94-88(106)85(103)84(102)80(74-97)110-94/h5,7,11,13,17,19,23,25,29,31,34-35,37-38,54,56,62,64,70,72,78-82,84-95,97-100,102-108H,3-4,6,8-10,12,14-16,18,20-22,24,26-28,30,32-33,36,39-53,55,57-61,63,65-69,71,73-77H2,1-2H3,(H,96,101)/b7-5-,13-11-,19-17-,25-23-,31-29-,35-34-,38-37-,56-54+,64-62+,72-70+. The molecule has 0 radical (unpaired) electrons. The number of aliphatic hydroxyl groups excluding tert-OH is 11. The van der Waals surface area contributed by atoms with E-state index in [4.69, 9.17) is 28.4 Å². The van der Waals surface area contributed by atoms with E-state index in [1.165, 1.54) is 218 Å². The normalized spacial score (nSPS) is 25.3. The first kappa shape index (κ1) is 104. The summed E-state index contributed by atoms with van der Waals surface area (Å²) in [6.07, 6.45) is 77.8. The van der Waals surface area contributed by atoms with Crippen LogP contribution in [0.15, 0.2) is 122 Å². The second-order valence-corrected chi connectivity index (χ2v) is 32.0. The molecule has 3 saturated heterocycles. The Labute approximate surface area is 690 Å². The van der Waals surface area contributed by atoms with Gasteiger partial charge in [-0.1, -0.05) is 354 Å². The monoisotopic (exact) mass is 1610 g/mol. The molecule has 0 spiro atoms. The van der Waals surface area contributed by atoms with Crippen LogP contribution in [0.5, 0.6) is 0 Å². The van der Waals surface area contributed by atoms with E-state index in [1.54, 1.807) is 6.08 Å². The minimum atomic E-state index is -1.99. The minimum absolute atomic E-state index is 0.229. The van der Waals surface area contributed by atoms with Crippen molar-refractivity contribution in [1.29, 1.82) is 0 Å². The van der Waals surface area contributed by atoms with Crippen LogP contribution in [0.2, 0.25) is 0 Å². The van der Waals surface area contributed by atoms with E-state index < -0.39 is 124 Å². The summed E-state index contributed by atoms with van der Waals surface area (Å²) in [6, 6.07) is -1.00. The van der Waals surface area contributed by atoms with Gasteiger partial charge in [-0.15, -0.1) is 0 Å². The topological polar surface area (TPSA) is 307 Å². The van der Waals surface area contributed by atoms with E-state index in [9.17, 15) is 61.0 Å². The molecule has 17 unspecified atom stereocenters. The number of carbonyl (C=O) groups is 1. The van der Waals surface area contributed by atoms with Crippen LogP contribution in [0.25, 0.3) is 0 Å². The van der Waals surface area contributed by atoms with Crippen LogP contribution >= 0.6 is 0 Å². The third-order valence-electron chi connectivity index (χ3n) is 22.0. The van der Waals surface area contributed by atoms with Gasteiger partial charge in [-0.25, -0.2) is 0 Å². The second kappa shape index (κ2) is 73.1. The van der Waals surface area contributed by atoms with Crippen LogP contribution in [0.3, 0.4) is 0 Å². The molecule has 114 heavy (non-hydrogen) atoms.